The Hall–Kier alpha value is -3.45. The van der Waals surface area contributed by atoms with Gasteiger partial charge >= 0.3 is 0 Å². The summed E-state index contributed by atoms with van der Waals surface area (Å²) in [6.07, 6.45) is 1.95. The number of aryl methyl sites for hydroxylation is 3. The maximum absolute atomic E-state index is 5.54. The SMILES string of the molecule is Cc1ccc(Cn2ccc(NC(=S)Nc3c(C)nn(Cc4ccc(C)cc4)c3C)n2)cc1. The molecule has 32 heavy (non-hydrogen) atoms. The molecule has 0 atom stereocenters. The summed E-state index contributed by atoms with van der Waals surface area (Å²) in [6.45, 7) is 9.65. The molecular formula is C25H28N6S. The summed E-state index contributed by atoms with van der Waals surface area (Å²) in [7, 11) is 0. The molecule has 0 aliphatic rings. The first-order valence-corrected chi connectivity index (χ1v) is 11.0. The van der Waals surface area contributed by atoms with Crippen LogP contribution in [0, 0.1) is 27.7 Å². The van der Waals surface area contributed by atoms with Crippen molar-refractivity contribution in [2.24, 2.45) is 0 Å². The van der Waals surface area contributed by atoms with Gasteiger partial charge in [-0.1, -0.05) is 59.7 Å². The van der Waals surface area contributed by atoms with Crippen LogP contribution >= 0.6 is 12.2 Å². The molecule has 0 radical (unpaired) electrons. The van der Waals surface area contributed by atoms with Crippen LogP contribution < -0.4 is 10.6 Å². The number of rotatable bonds is 6. The van der Waals surface area contributed by atoms with Crippen molar-refractivity contribution in [3.8, 4) is 0 Å². The molecule has 0 aliphatic heterocycles. The van der Waals surface area contributed by atoms with Gasteiger partial charge in [-0.2, -0.15) is 10.2 Å². The van der Waals surface area contributed by atoms with E-state index in [0.717, 1.165) is 23.6 Å². The van der Waals surface area contributed by atoms with Crippen LogP contribution in [0.4, 0.5) is 11.5 Å². The minimum atomic E-state index is 0.492. The molecule has 0 fully saturated rings. The van der Waals surface area contributed by atoms with Gasteiger partial charge in [0.05, 0.1) is 30.2 Å². The average Bonchev–Trinajstić information content (AvgIpc) is 3.30. The highest BCUT2D eigenvalue weighted by molar-refractivity contribution is 7.80. The second-order valence-electron chi connectivity index (χ2n) is 8.15. The Bertz CT molecular complexity index is 1220. The van der Waals surface area contributed by atoms with Gasteiger partial charge in [-0.25, -0.2) is 0 Å². The van der Waals surface area contributed by atoms with Crippen molar-refractivity contribution in [1.29, 1.82) is 0 Å². The Balaban J connectivity index is 1.39. The zero-order valence-electron chi connectivity index (χ0n) is 18.9. The Kier molecular flexibility index (Phi) is 6.37. The maximum Gasteiger partial charge on any atom is 0.176 e. The predicted octanol–water partition coefficient (Wildman–Crippen LogP) is 5.22. The van der Waals surface area contributed by atoms with E-state index in [0.29, 0.717) is 17.5 Å². The lowest BCUT2D eigenvalue weighted by atomic mass is 10.1. The van der Waals surface area contributed by atoms with E-state index < -0.39 is 0 Å². The molecule has 0 spiro atoms. The van der Waals surface area contributed by atoms with E-state index >= 15 is 0 Å². The molecule has 0 unspecified atom stereocenters. The van der Waals surface area contributed by atoms with Crippen molar-refractivity contribution in [1.82, 2.24) is 19.6 Å². The second kappa shape index (κ2) is 9.36. The van der Waals surface area contributed by atoms with Crippen LogP contribution in [-0.4, -0.2) is 24.7 Å². The minimum absolute atomic E-state index is 0.492. The number of nitrogens with one attached hydrogen (secondary N) is 2. The van der Waals surface area contributed by atoms with Gasteiger partial charge in [0, 0.05) is 12.3 Å². The third-order valence-electron chi connectivity index (χ3n) is 5.42. The highest BCUT2D eigenvalue weighted by Gasteiger charge is 2.13. The maximum atomic E-state index is 5.54. The summed E-state index contributed by atoms with van der Waals surface area (Å²) in [4.78, 5) is 0. The summed E-state index contributed by atoms with van der Waals surface area (Å²) in [5, 5.41) is 16.2. The quantitative estimate of drug-likeness (QED) is 0.399. The van der Waals surface area contributed by atoms with Gasteiger partial charge in [-0.3, -0.25) is 9.36 Å². The fourth-order valence-electron chi connectivity index (χ4n) is 3.56. The normalized spacial score (nSPS) is 10.9. The fraction of sp³-hybridized carbons (Fsp3) is 0.240. The molecule has 2 aromatic heterocycles. The fourth-order valence-corrected chi connectivity index (χ4v) is 3.76. The summed E-state index contributed by atoms with van der Waals surface area (Å²) in [5.74, 6) is 0.706. The van der Waals surface area contributed by atoms with Crippen molar-refractivity contribution < 1.29 is 0 Å². The summed E-state index contributed by atoms with van der Waals surface area (Å²) in [5.41, 5.74) is 7.79. The van der Waals surface area contributed by atoms with E-state index in [-0.39, 0.29) is 0 Å². The number of hydrogen-bond acceptors (Lipinski definition) is 3. The van der Waals surface area contributed by atoms with Crippen molar-refractivity contribution >= 4 is 28.8 Å². The monoisotopic (exact) mass is 444 g/mol. The molecule has 0 aliphatic carbocycles. The van der Waals surface area contributed by atoms with E-state index in [9.17, 15) is 0 Å². The molecule has 4 aromatic rings. The number of hydrogen-bond donors (Lipinski definition) is 2. The van der Waals surface area contributed by atoms with E-state index in [1.165, 1.54) is 22.3 Å². The topological polar surface area (TPSA) is 59.7 Å². The third-order valence-corrected chi connectivity index (χ3v) is 5.62. The molecule has 2 heterocycles. The zero-order chi connectivity index (χ0) is 22.7. The first-order chi connectivity index (χ1) is 15.4. The molecule has 2 N–H and O–H groups in total. The molecule has 4 rings (SSSR count). The van der Waals surface area contributed by atoms with Gasteiger partial charge in [0.1, 0.15) is 0 Å². The number of nitrogens with zero attached hydrogens (tertiary/aromatic N) is 4. The van der Waals surface area contributed by atoms with Crippen LogP contribution in [0.1, 0.15) is 33.6 Å². The first kappa shape index (κ1) is 21.8. The van der Waals surface area contributed by atoms with Gasteiger partial charge in [0.25, 0.3) is 0 Å². The van der Waals surface area contributed by atoms with Gasteiger partial charge in [-0.05, 0) is 51.0 Å². The Morgan fingerprint density at radius 1 is 0.781 bits per heavy atom. The molecule has 0 bridgehead atoms. The van der Waals surface area contributed by atoms with E-state index in [1.807, 2.05) is 28.6 Å². The van der Waals surface area contributed by atoms with Gasteiger partial charge in [0.2, 0.25) is 0 Å². The smallest absolute Gasteiger partial charge is 0.176 e. The summed E-state index contributed by atoms with van der Waals surface area (Å²) < 4.78 is 3.90. The lowest BCUT2D eigenvalue weighted by Crippen LogP contribution is -2.20. The molecule has 0 amide bonds. The minimum Gasteiger partial charge on any atom is -0.329 e. The molecule has 2 aromatic carbocycles. The molecule has 164 valence electrons. The van der Waals surface area contributed by atoms with Crippen LogP contribution in [0.3, 0.4) is 0 Å². The average molecular weight is 445 g/mol. The molecule has 0 saturated heterocycles. The highest BCUT2D eigenvalue weighted by atomic mass is 32.1. The van der Waals surface area contributed by atoms with Crippen LogP contribution in [0.5, 0.6) is 0 Å². The van der Waals surface area contributed by atoms with Gasteiger partial charge in [0.15, 0.2) is 10.9 Å². The van der Waals surface area contributed by atoms with E-state index in [1.54, 1.807) is 0 Å². The molecule has 7 heteroatoms. The van der Waals surface area contributed by atoms with Crippen molar-refractivity contribution in [3.05, 3.63) is 94.4 Å². The van der Waals surface area contributed by atoms with Crippen LogP contribution in [0.25, 0.3) is 0 Å². The number of aromatic nitrogens is 4. The zero-order valence-corrected chi connectivity index (χ0v) is 19.7. The Morgan fingerprint density at radius 3 is 2.00 bits per heavy atom. The number of benzene rings is 2. The standard InChI is InChI=1S/C25H28N6S/c1-17-5-9-21(10-6-17)15-30-14-13-23(29-30)26-25(32)27-24-19(3)28-31(20(24)4)16-22-11-7-18(2)8-12-22/h5-14H,15-16H2,1-4H3,(H2,26,27,29,32). The van der Waals surface area contributed by atoms with E-state index in [4.69, 9.17) is 17.3 Å². The van der Waals surface area contributed by atoms with Crippen LogP contribution in [0.15, 0.2) is 60.8 Å². The first-order valence-electron chi connectivity index (χ1n) is 10.6. The van der Waals surface area contributed by atoms with Crippen LogP contribution in [0.2, 0.25) is 0 Å². The van der Waals surface area contributed by atoms with Crippen molar-refractivity contribution in [3.63, 3.8) is 0 Å². The number of thiocarbonyl (C=S) groups is 1. The molecule has 6 nitrogen and oxygen atoms in total. The summed E-state index contributed by atoms with van der Waals surface area (Å²) in [6, 6.07) is 18.9. The van der Waals surface area contributed by atoms with Gasteiger partial charge < -0.3 is 10.6 Å². The number of anilines is 2. The summed E-state index contributed by atoms with van der Waals surface area (Å²) >= 11 is 5.54. The van der Waals surface area contributed by atoms with Crippen LogP contribution in [-0.2, 0) is 13.1 Å². The molecule has 0 saturated carbocycles. The van der Waals surface area contributed by atoms with Gasteiger partial charge in [-0.15, -0.1) is 0 Å². The third kappa shape index (κ3) is 5.23. The largest absolute Gasteiger partial charge is 0.329 e. The lowest BCUT2D eigenvalue weighted by Gasteiger charge is -2.10. The second-order valence-corrected chi connectivity index (χ2v) is 8.56. The van der Waals surface area contributed by atoms with Crippen molar-refractivity contribution in [2.45, 2.75) is 40.8 Å². The lowest BCUT2D eigenvalue weighted by molar-refractivity contribution is 0.659. The van der Waals surface area contributed by atoms with Crippen molar-refractivity contribution in [2.75, 3.05) is 10.6 Å². The predicted molar refractivity (Wildman–Crippen MR) is 134 cm³/mol. The van der Waals surface area contributed by atoms with E-state index in [2.05, 4.69) is 85.0 Å². The Morgan fingerprint density at radius 2 is 1.38 bits per heavy atom. The molecular weight excluding hydrogens is 416 g/mol. The Labute approximate surface area is 194 Å². The highest BCUT2D eigenvalue weighted by Crippen LogP contribution is 2.21.